The Kier molecular flexibility index (Phi) is 4.45. The molecule has 0 saturated heterocycles. The smallest absolute Gasteiger partial charge is 0.220 e. The molecule has 1 unspecified atom stereocenters. The molecule has 4 nitrogen and oxygen atoms in total. The van der Waals surface area contributed by atoms with E-state index in [-0.39, 0.29) is 11.9 Å². The normalized spacial score (nSPS) is 15.2. The van der Waals surface area contributed by atoms with E-state index in [2.05, 4.69) is 15.3 Å². The van der Waals surface area contributed by atoms with Crippen LogP contribution in [0.3, 0.4) is 0 Å². The molecule has 1 aromatic heterocycles. The van der Waals surface area contributed by atoms with Crippen molar-refractivity contribution in [2.75, 3.05) is 0 Å². The second-order valence-electron chi connectivity index (χ2n) is 6.63. The first kappa shape index (κ1) is 16.2. The highest BCUT2D eigenvalue weighted by molar-refractivity contribution is 6.30. The number of benzene rings is 2. The number of hydrogen-bond acceptors (Lipinski definition) is 2. The van der Waals surface area contributed by atoms with Gasteiger partial charge in [-0.1, -0.05) is 35.9 Å². The summed E-state index contributed by atoms with van der Waals surface area (Å²) < 4.78 is 0. The minimum atomic E-state index is 0.0623. The second-order valence-corrected chi connectivity index (χ2v) is 7.07. The number of nitrogens with zero attached hydrogens (tertiary/aromatic N) is 1. The highest BCUT2D eigenvalue weighted by atomic mass is 35.5. The highest BCUT2D eigenvalue weighted by Gasteiger charge is 2.33. The van der Waals surface area contributed by atoms with Crippen LogP contribution in [0.15, 0.2) is 48.5 Å². The molecule has 0 radical (unpaired) electrons. The fraction of sp³-hybridized carbons (Fsp3) is 0.300. The predicted octanol–water partition coefficient (Wildman–Crippen LogP) is 4.42. The van der Waals surface area contributed by atoms with Gasteiger partial charge in [-0.2, -0.15) is 0 Å². The van der Waals surface area contributed by atoms with Gasteiger partial charge in [-0.05, 0) is 48.6 Å². The van der Waals surface area contributed by atoms with Crippen LogP contribution in [0.25, 0.3) is 11.0 Å². The maximum atomic E-state index is 12.4. The van der Waals surface area contributed by atoms with E-state index in [1.165, 1.54) is 0 Å². The van der Waals surface area contributed by atoms with Crippen molar-refractivity contribution in [3.05, 3.63) is 64.9 Å². The van der Waals surface area contributed by atoms with Crippen LogP contribution < -0.4 is 5.32 Å². The maximum Gasteiger partial charge on any atom is 0.220 e. The minimum absolute atomic E-state index is 0.0623. The number of nitrogens with one attached hydrogen (secondary N) is 2. The monoisotopic (exact) mass is 353 g/mol. The molecule has 1 saturated carbocycles. The van der Waals surface area contributed by atoms with E-state index in [1.54, 1.807) is 0 Å². The first-order chi connectivity index (χ1) is 12.2. The van der Waals surface area contributed by atoms with Gasteiger partial charge in [0, 0.05) is 17.9 Å². The van der Waals surface area contributed by atoms with Crippen LogP contribution in [0.5, 0.6) is 0 Å². The SMILES string of the molecule is O=C(CCc1nc2ccccc2[nH]1)NC(c1ccc(Cl)cc1)C1CC1. The van der Waals surface area contributed by atoms with Gasteiger partial charge in [-0.15, -0.1) is 0 Å². The van der Waals surface area contributed by atoms with Gasteiger partial charge in [-0.25, -0.2) is 4.98 Å². The molecule has 128 valence electrons. The lowest BCUT2D eigenvalue weighted by Crippen LogP contribution is -2.30. The lowest BCUT2D eigenvalue weighted by molar-refractivity contribution is -0.122. The van der Waals surface area contributed by atoms with E-state index in [1.807, 2.05) is 48.5 Å². The summed E-state index contributed by atoms with van der Waals surface area (Å²) >= 11 is 5.97. The van der Waals surface area contributed by atoms with Gasteiger partial charge in [0.05, 0.1) is 17.1 Å². The van der Waals surface area contributed by atoms with Crippen molar-refractivity contribution in [2.45, 2.75) is 31.7 Å². The Labute approximate surface area is 151 Å². The second kappa shape index (κ2) is 6.89. The number of hydrogen-bond donors (Lipinski definition) is 2. The van der Waals surface area contributed by atoms with Crippen LogP contribution in [0.2, 0.25) is 5.02 Å². The summed E-state index contributed by atoms with van der Waals surface area (Å²) in [6, 6.07) is 15.8. The largest absolute Gasteiger partial charge is 0.349 e. The molecule has 0 aliphatic heterocycles. The Balaban J connectivity index is 1.39. The average molecular weight is 354 g/mol. The van der Waals surface area contributed by atoms with E-state index in [0.717, 1.165) is 40.3 Å². The third-order valence-corrected chi connectivity index (χ3v) is 4.92. The molecule has 1 heterocycles. The Morgan fingerprint density at radius 3 is 2.68 bits per heavy atom. The fourth-order valence-electron chi connectivity index (χ4n) is 3.17. The van der Waals surface area contributed by atoms with E-state index >= 15 is 0 Å². The number of aryl methyl sites for hydroxylation is 1. The molecule has 2 aromatic carbocycles. The molecule has 1 atom stereocenters. The molecule has 0 spiro atoms. The number of carbonyl (C=O) groups excluding carboxylic acids is 1. The summed E-state index contributed by atoms with van der Waals surface area (Å²) in [6.07, 6.45) is 3.36. The van der Waals surface area contributed by atoms with Crippen LogP contribution in [0.1, 0.15) is 36.7 Å². The zero-order valence-corrected chi connectivity index (χ0v) is 14.6. The zero-order valence-electron chi connectivity index (χ0n) is 13.8. The molecule has 1 amide bonds. The van der Waals surface area contributed by atoms with Gasteiger partial charge in [-0.3, -0.25) is 4.79 Å². The van der Waals surface area contributed by atoms with E-state index in [4.69, 9.17) is 11.6 Å². The molecule has 0 bridgehead atoms. The van der Waals surface area contributed by atoms with Crippen LogP contribution in [-0.4, -0.2) is 15.9 Å². The molecular weight excluding hydrogens is 334 g/mol. The van der Waals surface area contributed by atoms with E-state index < -0.39 is 0 Å². The fourth-order valence-corrected chi connectivity index (χ4v) is 3.30. The van der Waals surface area contributed by atoms with Gasteiger partial charge in [0.25, 0.3) is 0 Å². The lowest BCUT2D eigenvalue weighted by atomic mass is 10.0. The summed E-state index contributed by atoms with van der Waals surface area (Å²) in [5.41, 5.74) is 3.08. The minimum Gasteiger partial charge on any atom is -0.349 e. The van der Waals surface area contributed by atoms with Crippen molar-refractivity contribution in [1.29, 1.82) is 0 Å². The number of para-hydroxylation sites is 2. The Morgan fingerprint density at radius 1 is 1.20 bits per heavy atom. The molecule has 25 heavy (non-hydrogen) atoms. The summed E-state index contributed by atoms with van der Waals surface area (Å²) in [5, 5.41) is 3.91. The number of halogens is 1. The average Bonchev–Trinajstić information content (AvgIpc) is 3.37. The van der Waals surface area contributed by atoms with Crippen molar-refractivity contribution >= 4 is 28.5 Å². The van der Waals surface area contributed by atoms with Crippen molar-refractivity contribution < 1.29 is 4.79 Å². The Morgan fingerprint density at radius 2 is 1.96 bits per heavy atom. The van der Waals surface area contributed by atoms with Crippen LogP contribution in [-0.2, 0) is 11.2 Å². The highest BCUT2D eigenvalue weighted by Crippen LogP contribution is 2.41. The lowest BCUT2D eigenvalue weighted by Gasteiger charge is -2.19. The van der Waals surface area contributed by atoms with Gasteiger partial charge < -0.3 is 10.3 Å². The first-order valence-corrected chi connectivity index (χ1v) is 9.05. The number of rotatable bonds is 6. The van der Waals surface area contributed by atoms with E-state index in [0.29, 0.717) is 18.8 Å². The number of amides is 1. The number of H-pyrrole nitrogens is 1. The molecule has 1 fully saturated rings. The Hall–Kier alpha value is -2.33. The standard InChI is InChI=1S/C20H20ClN3O/c21-15-9-7-14(8-10-15)20(13-5-6-13)24-19(25)12-11-18-22-16-3-1-2-4-17(16)23-18/h1-4,7-10,13,20H,5-6,11-12H2,(H,22,23)(H,24,25). The van der Waals surface area contributed by atoms with Crippen LogP contribution in [0.4, 0.5) is 0 Å². The van der Waals surface area contributed by atoms with E-state index in [9.17, 15) is 4.79 Å². The molecular formula is C20H20ClN3O. The molecule has 3 aromatic rings. The molecule has 5 heteroatoms. The predicted molar refractivity (Wildman–Crippen MR) is 99.5 cm³/mol. The van der Waals surface area contributed by atoms with Crippen LogP contribution >= 0.6 is 11.6 Å². The summed E-state index contributed by atoms with van der Waals surface area (Å²) in [6.45, 7) is 0. The third-order valence-electron chi connectivity index (χ3n) is 4.67. The van der Waals surface area contributed by atoms with Gasteiger partial charge in [0.15, 0.2) is 0 Å². The van der Waals surface area contributed by atoms with Gasteiger partial charge >= 0.3 is 0 Å². The van der Waals surface area contributed by atoms with Gasteiger partial charge in [0.1, 0.15) is 5.82 Å². The zero-order chi connectivity index (χ0) is 17.2. The van der Waals surface area contributed by atoms with Crippen molar-refractivity contribution in [2.24, 2.45) is 5.92 Å². The maximum absolute atomic E-state index is 12.4. The summed E-state index contributed by atoms with van der Waals surface area (Å²) in [5.74, 6) is 1.45. The molecule has 4 rings (SSSR count). The number of aromatic amines is 1. The molecule has 1 aliphatic rings. The quantitative estimate of drug-likeness (QED) is 0.689. The first-order valence-electron chi connectivity index (χ1n) is 8.67. The van der Waals surface area contributed by atoms with Crippen molar-refractivity contribution in [1.82, 2.24) is 15.3 Å². The van der Waals surface area contributed by atoms with Crippen LogP contribution in [0, 0.1) is 5.92 Å². The number of aromatic nitrogens is 2. The molecule has 1 aliphatic carbocycles. The third kappa shape index (κ3) is 3.85. The topological polar surface area (TPSA) is 57.8 Å². The molecule has 2 N–H and O–H groups in total. The van der Waals surface area contributed by atoms with Crippen molar-refractivity contribution in [3.8, 4) is 0 Å². The Bertz CT molecular complexity index is 850. The van der Waals surface area contributed by atoms with Gasteiger partial charge in [0.2, 0.25) is 5.91 Å². The number of carbonyl (C=O) groups is 1. The summed E-state index contributed by atoms with van der Waals surface area (Å²) in [7, 11) is 0. The number of imidazole rings is 1. The van der Waals surface area contributed by atoms with Crippen molar-refractivity contribution in [3.63, 3.8) is 0 Å². The number of fused-ring (bicyclic) bond motifs is 1. The summed E-state index contributed by atoms with van der Waals surface area (Å²) in [4.78, 5) is 20.2.